The Kier molecular flexibility index (Phi) is 13.4. The van der Waals surface area contributed by atoms with Gasteiger partial charge in [-0.05, 0) is 110 Å². The number of imidazole rings is 2. The number of rotatable bonds is 8. The first kappa shape index (κ1) is 48.4. The lowest BCUT2D eigenvalue weighted by Gasteiger charge is -2.37. The third kappa shape index (κ3) is 10.2. The van der Waals surface area contributed by atoms with Crippen molar-refractivity contribution in [3.8, 4) is 56.7 Å². The van der Waals surface area contributed by atoms with E-state index in [4.69, 9.17) is 31.8 Å². The molecule has 9 aromatic heterocycles. The summed E-state index contributed by atoms with van der Waals surface area (Å²) in [4.78, 5) is 45.3. The normalized spacial score (nSPS) is 15.1. The molecule has 13 rings (SSSR count). The fourth-order valence-corrected chi connectivity index (χ4v) is 10.1. The van der Waals surface area contributed by atoms with Gasteiger partial charge in [-0.2, -0.15) is 10.2 Å². The summed E-state index contributed by atoms with van der Waals surface area (Å²) in [5, 5.41) is 29.8. The van der Waals surface area contributed by atoms with Gasteiger partial charge in [0.1, 0.15) is 28.4 Å². The molecule has 1 fully saturated rings. The van der Waals surface area contributed by atoms with Crippen LogP contribution >= 0.6 is 0 Å². The Bertz CT molecular complexity index is 3940. The topological polar surface area (TPSA) is 283 Å². The number of H-pyrrole nitrogens is 4. The number of hydrogen-bond donors (Lipinski definition) is 8. The summed E-state index contributed by atoms with van der Waals surface area (Å²) in [5.41, 5.74) is 26.6. The minimum absolute atomic E-state index is 0.198. The van der Waals surface area contributed by atoms with E-state index >= 15 is 0 Å². The van der Waals surface area contributed by atoms with Crippen LogP contribution in [0.4, 0.5) is 11.5 Å². The zero-order chi connectivity index (χ0) is 52.2. The predicted octanol–water partition coefficient (Wildman–Crippen LogP) is 9.86. The van der Waals surface area contributed by atoms with E-state index in [1.807, 2.05) is 67.0 Å². The summed E-state index contributed by atoms with van der Waals surface area (Å²) in [6.07, 6.45) is 26.2. The lowest BCUT2D eigenvalue weighted by Crippen LogP contribution is -2.56. The van der Waals surface area contributed by atoms with Crippen LogP contribution in [-0.4, -0.2) is 102 Å². The van der Waals surface area contributed by atoms with Crippen molar-refractivity contribution in [2.24, 2.45) is 17.4 Å². The molecule has 0 saturated carbocycles. The molecular formula is C58H55N19. The maximum absolute atomic E-state index is 8.95. The molecule has 2 aliphatic heterocycles. The van der Waals surface area contributed by atoms with E-state index in [1.165, 1.54) is 0 Å². The molecule has 1 atom stereocenters. The summed E-state index contributed by atoms with van der Waals surface area (Å²) in [7, 11) is 0. The van der Waals surface area contributed by atoms with E-state index in [0.29, 0.717) is 41.2 Å². The van der Waals surface area contributed by atoms with Crippen molar-refractivity contribution in [1.29, 1.82) is 5.41 Å². The van der Waals surface area contributed by atoms with Gasteiger partial charge < -0.3 is 31.7 Å². The van der Waals surface area contributed by atoms with Gasteiger partial charge in [0.05, 0.1) is 63.6 Å². The van der Waals surface area contributed by atoms with Gasteiger partial charge in [0.2, 0.25) is 0 Å². The fraction of sp³-hybridized carbons (Fsp3) is 0.190. The second-order valence-electron chi connectivity index (χ2n) is 19.5. The average molecular weight is 1020 g/mol. The number of nitrogens with zero attached hydrogens (tertiary/aromatic N) is 11. The minimum atomic E-state index is 0.198. The van der Waals surface area contributed by atoms with Crippen molar-refractivity contribution >= 4 is 56.1 Å². The van der Waals surface area contributed by atoms with Gasteiger partial charge in [0, 0.05) is 95.0 Å². The molecule has 0 amide bonds. The SMILES string of the molecule is C=C1CC(CCN)CCCCC=Cc2[nH]c(nc2C(=N)c2ccncc2)-c2n[nH]c3ccc(cc23)-c2cncc(c2)N1.NC1CN(c2cncc(-c3ccc4[nH]nc(-c5nc6c(-c7ccncc7)nccc6[nH]5)c4c3)n2)C1. The number of fused-ring (bicyclic) bond motifs is 9. The van der Waals surface area contributed by atoms with Crippen LogP contribution in [0.1, 0.15) is 55.5 Å². The number of aromatic nitrogens is 14. The zero-order valence-corrected chi connectivity index (χ0v) is 42.1. The smallest absolute Gasteiger partial charge is 0.159 e. The van der Waals surface area contributed by atoms with Crippen LogP contribution < -0.4 is 21.7 Å². The summed E-state index contributed by atoms with van der Waals surface area (Å²) in [5.74, 6) is 2.59. The Morgan fingerprint density at radius 1 is 0.688 bits per heavy atom. The Labute approximate surface area is 442 Å². The van der Waals surface area contributed by atoms with Gasteiger partial charge in [-0.1, -0.05) is 37.6 Å². The molecule has 10 N–H and O–H groups in total. The van der Waals surface area contributed by atoms with E-state index in [2.05, 4.69) is 102 Å². The molecule has 2 aliphatic rings. The number of aromatic amines is 4. The first-order valence-electron chi connectivity index (χ1n) is 25.7. The standard InChI is InChI=1S/C33H35N9.C25H20N10/c1-21-16-22(10-13-34)6-4-2-3-5-7-29-32(30(35)23-11-14-36-15-12-23)40-33(39-29)31-27-18-24(8-9-28(27)41-42-31)25-17-26(38-21)20-37-19-25;26-16-12-35(13-16)21-11-28-10-20(30-21)15-1-2-18-17(9-15)23(34-33-18)25-31-19-5-8-29-22(24(19)32-25)14-3-6-27-7-4-14/h5,7-9,11-12,14-15,17-20,22,35,38H,1-4,6,10,13,16,34H2,(H,39,40)(H,41,42);1-11,16H,12-13,26H2,(H,31,32)(H,33,34). The quantitative estimate of drug-likeness (QED) is 0.0658. The molecule has 77 heavy (non-hydrogen) atoms. The molecule has 11 heterocycles. The lowest BCUT2D eigenvalue weighted by molar-refractivity contribution is 0.433. The van der Waals surface area contributed by atoms with Gasteiger partial charge in [0.15, 0.2) is 11.6 Å². The molecule has 1 unspecified atom stereocenters. The van der Waals surface area contributed by atoms with Crippen molar-refractivity contribution in [2.75, 3.05) is 29.9 Å². The highest BCUT2D eigenvalue weighted by molar-refractivity contribution is 6.11. The average Bonchev–Trinajstić information content (AvgIpc) is 4.29. The molecule has 6 bridgehead atoms. The van der Waals surface area contributed by atoms with Crippen LogP contribution in [0, 0.1) is 11.3 Å². The maximum atomic E-state index is 8.95. The molecule has 0 radical (unpaired) electrons. The highest BCUT2D eigenvalue weighted by Crippen LogP contribution is 2.35. The maximum Gasteiger partial charge on any atom is 0.159 e. The van der Waals surface area contributed by atoms with Crippen LogP contribution in [0.5, 0.6) is 0 Å². The fourth-order valence-electron chi connectivity index (χ4n) is 10.1. The minimum Gasteiger partial charge on any atom is -0.358 e. The van der Waals surface area contributed by atoms with Crippen LogP contribution in [-0.2, 0) is 0 Å². The predicted molar refractivity (Wildman–Crippen MR) is 303 cm³/mol. The van der Waals surface area contributed by atoms with Crippen LogP contribution in [0.15, 0.2) is 147 Å². The Morgan fingerprint density at radius 2 is 1.42 bits per heavy atom. The van der Waals surface area contributed by atoms with Crippen molar-refractivity contribution < 1.29 is 0 Å². The molecule has 0 aliphatic carbocycles. The molecule has 19 nitrogen and oxygen atoms in total. The number of pyridine rings is 4. The van der Waals surface area contributed by atoms with E-state index in [-0.39, 0.29) is 6.04 Å². The zero-order valence-electron chi connectivity index (χ0n) is 42.1. The third-order valence-electron chi connectivity index (χ3n) is 14.0. The molecule has 11 aromatic rings. The number of anilines is 2. The summed E-state index contributed by atoms with van der Waals surface area (Å²) < 4.78 is 0. The third-order valence-corrected chi connectivity index (χ3v) is 14.0. The van der Waals surface area contributed by atoms with Gasteiger partial charge >= 0.3 is 0 Å². The van der Waals surface area contributed by atoms with Crippen molar-refractivity contribution in [3.05, 3.63) is 164 Å². The monoisotopic (exact) mass is 1020 g/mol. The van der Waals surface area contributed by atoms with Crippen LogP contribution in [0.2, 0.25) is 0 Å². The Hall–Kier alpha value is -9.59. The highest BCUT2D eigenvalue weighted by atomic mass is 15.3. The number of nitrogens with two attached hydrogens (primary N) is 2. The van der Waals surface area contributed by atoms with E-state index in [9.17, 15) is 0 Å². The van der Waals surface area contributed by atoms with Gasteiger partial charge in [-0.3, -0.25) is 40.5 Å². The summed E-state index contributed by atoms with van der Waals surface area (Å²) >= 11 is 0. The number of nitrogens with one attached hydrogen (secondary N) is 6. The largest absolute Gasteiger partial charge is 0.358 e. The molecule has 382 valence electrons. The molecule has 2 aromatic carbocycles. The summed E-state index contributed by atoms with van der Waals surface area (Å²) in [6.45, 7) is 6.58. The Balaban J connectivity index is 0.000000157. The van der Waals surface area contributed by atoms with E-state index in [1.54, 1.807) is 43.4 Å². The first-order valence-corrected chi connectivity index (χ1v) is 25.7. The second kappa shape index (κ2) is 21.3. The molecule has 19 heteroatoms. The van der Waals surface area contributed by atoms with Crippen molar-refractivity contribution in [3.63, 3.8) is 0 Å². The van der Waals surface area contributed by atoms with E-state index in [0.717, 1.165) is 152 Å². The molecular weight excluding hydrogens is 963 g/mol. The first-order chi connectivity index (χ1) is 37.8. The van der Waals surface area contributed by atoms with Crippen LogP contribution in [0.3, 0.4) is 0 Å². The molecule has 1 saturated heterocycles. The van der Waals surface area contributed by atoms with Crippen molar-refractivity contribution in [2.45, 2.75) is 44.6 Å². The van der Waals surface area contributed by atoms with E-state index < -0.39 is 0 Å². The number of benzene rings is 2. The van der Waals surface area contributed by atoms with Gasteiger partial charge in [0.25, 0.3) is 0 Å². The van der Waals surface area contributed by atoms with Gasteiger partial charge in [-0.15, -0.1) is 0 Å². The van der Waals surface area contributed by atoms with Crippen molar-refractivity contribution in [1.82, 2.24) is 70.2 Å². The van der Waals surface area contributed by atoms with Crippen LogP contribution in [0.25, 0.3) is 95.6 Å². The lowest BCUT2D eigenvalue weighted by atomic mass is 9.93. The second-order valence-corrected chi connectivity index (χ2v) is 19.5. The molecule has 0 spiro atoms. The Morgan fingerprint density at radius 3 is 2.18 bits per heavy atom. The van der Waals surface area contributed by atoms with Gasteiger partial charge in [-0.25, -0.2) is 15.0 Å². The number of hydrogen-bond acceptors (Lipinski definition) is 15. The highest BCUT2D eigenvalue weighted by Gasteiger charge is 2.25. The number of allylic oxidation sites excluding steroid dienone is 2. The summed E-state index contributed by atoms with van der Waals surface area (Å²) in [6, 6.07) is 24.0.